The van der Waals surface area contributed by atoms with E-state index in [9.17, 15) is 23.5 Å². The number of aliphatic hydroxyl groups is 1. The van der Waals surface area contributed by atoms with Gasteiger partial charge < -0.3 is 14.7 Å². The molecule has 0 aliphatic carbocycles. The Morgan fingerprint density at radius 3 is 2.22 bits per heavy atom. The Labute approximate surface area is 208 Å². The summed E-state index contributed by atoms with van der Waals surface area (Å²) in [7, 11) is 5.19. The van der Waals surface area contributed by atoms with Crippen LogP contribution in [0.5, 0.6) is 5.75 Å². The van der Waals surface area contributed by atoms with Crippen molar-refractivity contribution in [1.29, 1.82) is 0 Å². The average Bonchev–Trinajstić information content (AvgIpc) is 3.10. The maximum atomic E-state index is 14.2. The Kier molecular flexibility index (Phi) is 6.54. The van der Waals surface area contributed by atoms with Crippen LogP contribution in [0.15, 0.2) is 60.2 Å². The van der Waals surface area contributed by atoms with Gasteiger partial charge in [-0.1, -0.05) is 18.2 Å². The van der Waals surface area contributed by atoms with Crippen molar-refractivity contribution in [1.82, 2.24) is 0 Å². The summed E-state index contributed by atoms with van der Waals surface area (Å²) < 4.78 is 33.3. The van der Waals surface area contributed by atoms with Crippen LogP contribution in [-0.2, 0) is 9.59 Å². The number of ketones is 1. The quantitative estimate of drug-likeness (QED) is 0.298. The van der Waals surface area contributed by atoms with Crippen LogP contribution in [-0.4, -0.2) is 38.0 Å². The fourth-order valence-electron chi connectivity index (χ4n) is 4.55. The number of benzene rings is 3. The number of carbonyl (C=O) groups is 2. The summed E-state index contributed by atoms with van der Waals surface area (Å²) in [5.74, 6) is -4.20. The molecule has 3 aromatic rings. The molecule has 1 fully saturated rings. The van der Waals surface area contributed by atoms with E-state index in [1.54, 1.807) is 37.3 Å². The summed E-state index contributed by atoms with van der Waals surface area (Å²) in [6.07, 6.45) is 0. The highest BCUT2D eigenvalue weighted by molar-refractivity contribution is 6.51. The molecule has 186 valence electrons. The molecule has 1 atom stereocenters. The normalized spacial score (nSPS) is 17.0. The van der Waals surface area contributed by atoms with Gasteiger partial charge in [0.15, 0.2) is 11.6 Å². The van der Waals surface area contributed by atoms with E-state index in [1.165, 1.54) is 13.2 Å². The van der Waals surface area contributed by atoms with Gasteiger partial charge in [-0.3, -0.25) is 14.5 Å². The summed E-state index contributed by atoms with van der Waals surface area (Å²) in [6, 6.07) is 12.5. The number of ether oxygens (including phenoxy) is 1. The molecule has 3 aromatic carbocycles. The number of methoxy groups -OCH3 is 1. The largest absolute Gasteiger partial charge is 0.507 e. The van der Waals surface area contributed by atoms with Crippen molar-refractivity contribution in [2.75, 3.05) is 31.0 Å². The molecule has 1 saturated heterocycles. The summed E-state index contributed by atoms with van der Waals surface area (Å²) in [5, 5.41) is 11.5. The van der Waals surface area contributed by atoms with E-state index in [0.717, 1.165) is 33.8 Å². The first-order valence-electron chi connectivity index (χ1n) is 11.2. The second-order valence-corrected chi connectivity index (χ2v) is 8.92. The van der Waals surface area contributed by atoms with Crippen LogP contribution in [0.2, 0.25) is 0 Å². The van der Waals surface area contributed by atoms with Crippen LogP contribution in [0.3, 0.4) is 0 Å². The van der Waals surface area contributed by atoms with E-state index in [1.807, 2.05) is 32.0 Å². The third kappa shape index (κ3) is 4.19. The van der Waals surface area contributed by atoms with Gasteiger partial charge in [-0.15, -0.1) is 0 Å². The van der Waals surface area contributed by atoms with E-state index < -0.39 is 35.1 Å². The Bertz CT molecular complexity index is 1400. The van der Waals surface area contributed by atoms with E-state index in [2.05, 4.69) is 0 Å². The molecule has 1 N–H and O–H groups in total. The number of amides is 1. The van der Waals surface area contributed by atoms with Crippen LogP contribution in [0.4, 0.5) is 20.2 Å². The fraction of sp³-hybridized carbons (Fsp3) is 0.214. The highest BCUT2D eigenvalue weighted by atomic mass is 19.2. The molecule has 1 aliphatic heterocycles. The second-order valence-electron chi connectivity index (χ2n) is 8.92. The average molecular weight is 493 g/mol. The summed E-state index contributed by atoms with van der Waals surface area (Å²) >= 11 is 0. The monoisotopic (exact) mass is 492 g/mol. The Morgan fingerprint density at radius 2 is 1.64 bits per heavy atom. The molecule has 0 aromatic heterocycles. The van der Waals surface area contributed by atoms with Crippen LogP contribution in [0, 0.1) is 25.5 Å². The lowest BCUT2D eigenvalue weighted by Gasteiger charge is -2.26. The van der Waals surface area contributed by atoms with Crippen LogP contribution < -0.4 is 14.5 Å². The summed E-state index contributed by atoms with van der Waals surface area (Å²) in [6.45, 7) is 3.64. The number of aliphatic hydroxyl groups excluding tert-OH is 1. The van der Waals surface area contributed by atoms with E-state index in [-0.39, 0.29) is 16.8 Å². The lowest BCUT2D eigenvalue weighted by molar-refractivity contribution is -0.132. The number of hydrogen-bond acceptors (Lipinski definition) is 5. The van der Waals surface area contributed by atoms with Gasteiger partial charge in [0.25, 0.3) is 11.7 Å². The minimum Gasteiger partial charge on any atom is -0.507 e. The second kappa shape index (κ2) is 9.45. The van der Waals surface area contributed by atoms with Gasteiger partial charge in [-0.05, 0) is 60.9 Å². The maximum Gasteiger partial charge on any atom is 0.300 e. The number of nitrogens with zero attached hydrogens (tertiary/aromatic N) is 2. The predicted molar refractivity (Wildman–Crippen MR) is 134 cm³/mol. The van der Waals surface area contributed by atoms with Crippen LogP contribution >= 0.6 is 0 Å². The van der Waals surface area contributed by atoms with Crippen LogP contribution in [0.1, 0.15) is 28.3 Å². The number of Topliss-reactive ketones (excluding diaryl/α,β-unsaturated/α-hetero) is 1. The molecule has 0 saturated carbocycles. The smallest absolute Gasteiger partial charge is 0.300 e. The Hall–Kier alpha value is -4.20. The molecule has 6 nitrogen and oxygen atoms in total. The first kappa shape index (κ1) is 24.9. The molecular weight excluding hydrogens is 466 g/mol. The van der Waals surface area contributed by atoms with Crippen molar-refractivity contribution in [2.45, 2.75) is 19.9 Å². The molecule has 1 aliphatic rings. The van der Waals surface area contributed by atoms with Crippen molar-refractivity contribution < 1.29 is 28.2 Å². The van der Waals surface area contributed by atoms with Crippen molar-refractivity contribution in [3.63, 3.8) is 0 Å². The summed E-state index contributed by atoms with van der Waals surface area (Å²) in [5.41, 5.74) is 3.01. The third-order valence-corrected chi connectivity index (χ3v) is 6.23. The SMILES string of the molecule is COc1c(C)cc(C)cc1/C(O)=C1\C(=O)C(=O)N(c2ccc(F)c(F)c2)C1c1ccc(N(C)C)cc1. The van der Waals surface area contributed by atoms with Gasteiger partial charge in [0, 0.05) is 31.5 Å². The van der Waals surface area contributed by atoms with E-state index >= 15 is 0 Å². The molecule has 36 heavy (non-hydrogen) atoms. The lowest BCUT2D eigenvalue weighted by atomic mass is 9.93. The number of hydrogen-bond donors (Lipinski definition) is 1. The van der Waals surface area contributed by atoms with Crippen molar-refractivity contribution in [2.24, 2.45) is 0 Å². The zero-order valence-electron chi connectivity index (χ0n) is 20.6. The van der Waals surface area contributed by atoms with E-state index in [4.69, 9.17) is 4.74 Å². The molecule has 0 bridgehead atoms. The van der Waals surface area contributed by atoms with Crippen molar-refractivity contribution >= 4 is 28.8 Å². The van der Waals surface area contributed by atoms with Gasteiger partial charge in [-0.25, -0.2) is 8.78 Å². The summed E-state index contributed by atoms with van der Waals surface area (Å²) in [4.78, 5) is 29.6. The minimum atomic E-state index is -1.16. The number of carbonyl (C=O) groups excluding carboxylic acids is 2. The van der Waals surface area contributed by atoms with Gasteiger partial charge >= 0.3 is 0 Å². The minimum absolute atomic E-state index is 0.0101. The highest BCUT2D eigenvalue weighted by Gasteiger charge is 2.47. The fourth-order valence-corrected chi connectivity index (χ4v) is 4.55. The Balaban J connectivity index is 2.00. The molecular formula is C28H26F2N2O4. The molecule has 1 amide bonds. The Morgan fingerprint density at radius 1 is 0.972 bits per heavy atom. The van der Waals surface area contributed by atoms with Gasteiger partial charge in [-0.2, -0.15) is 0 Å². The van der Waals surface area contributed by atoms with E-state index in [0.29, 0.717) is 11.3 Å². The van der Waals surface area contributed by atoms with Gasteiger partial charge in [0.05, 0.1) is 24.3 Å². The number of aryl methyl sites for hydroxylation is 2. The highest BCUT2D eigenvalue weighted by Crippen LogP contribution is 2.44. The van der Waals surface area contributed by atoms with Crippen molar-refractivity contribution in [3.8, 4) is 5.75 Å². The van der Waals surface area contributed by atoms with Gasteiger partial charge in [0.1, 0.15) is 11.5 Å². The molecule has 0 spiro atoms. The molecule has 4 rings (SSSR count). The first-order chi connectivity index (χ1) is 17.0. The molecule has 1 heterocycles. The number of halogens is 2. The molecule has 0 radical (unpaired) electrons. The zero-order valence-corrected chi connectivity index (χ0v) is 20.6. The third-order valence-electron chi connectivity index (χ3n) is 6.23. The number of rotatable bonds is 5. The number of anilines is 2. The maximum absolute atomic E-state index is 14.2. The molecule has 8 heteroatoms. The predicted octanol–water partition coefficient (Wildman–Crippen LogP) is 5.28. The van der Waals surface area contributed by atoms with Gasteiger partial charge in [0.2, 0.25) is 0 Å². The molecule has 1 unspecified atom stereocenters. The van der Waals surface area contributed by atoms with Crippen molar-refractivity contribution in [3.05, 3.63) is 94.1 Å². The topological polar surface area (TPSA) is 70.1 Å². The van der Waals surface area contributed by atoms with Crippen LogP contribution in [0.25, 0.3) is 5.76 Å². The first-order valence-corrected chi connectivity index (χ1v) is 11.2. The standard InChI is InChI=1S/C28H26F2N2O4/c1-15-12-16(2)27(36-5)20(13-15)25(33)23-24(17-6-8-18(9-7-17)31(3)4)32(28(35)26(23)34)19-10-11-21(29)22(30)14-19/h6-14,24,33H,1-5H3/b25-23+. The zero-order chi connectivity index (χ0) is 26.3. The lowest BCUT2D eigenvalue weighted by Crippen LogP contribution is -2.29.